The quantitative estimate of drug-likeness (QED) is 0.884. The minimum Gasteiger partial charge on any atom is -0.389 e. The lowest BCUT2D eigenvalue weighted by molar-refractivity contribution is 0.196. The lowest BCUT2D eigenvalue weighted by Crippen LogP contribution is -2.16. The predicted octanol–water partition coefficient (Wildman–Crippen LogP) is 2.87. The van der Waals surface area contributed by atoms with Gasteiger partial charge in [-0.15, -0.1) is 5.10 Å². The average molecular weight is 356 g/mol. The lowest BCUT2D eigenvalue weighted by Gasteiger charge is -2.12. The molecule has 3 rings (SSSR count). The van der Waals surface area contributed by atoms with Crippen LogP contribution in [0, 0.1) is 0 Å². The van der Waals surface area contributed by atoms with Gasteiger partial charge in [-0.1, -0.05) is 22.0 Å². The molecule has 20 heavy (non-hydrogen) atoms. The Hall–Kier alpha value is -1.05. The second-order valence-corrected chi connectivity index (χ2v) is 6.80. The van der Waals surface area contributed by atoms with Gasteiger partial charge in [0, 0.05) is 15.4 Å². The zero-order chi connectivity index (χ0) is 14.3. The van der Waals surface area contributed by atoms with E-state index < -0.39 is 6.10 Å². The maximum absolute atomic E-state index is 11.8. The van der Waals surface area contributed by atoms with Crippen molar-refractivity contribution in [1.82, 2.24) is 14.8 Å². The van der Waals surface area contributed by atoms with Gasteiger partial charge in [0.1, 0.15) is 0 Å². The van der Waals surface area contributed by atoms with Gasteiger partial charge in [-0.3, -0.25) is 4.57 Å². The third-order valence-corrected chi connectivity index (χ3v) is 4.75. The van der Waals surface area contributed by atoms with Crippen LogP contribution in [0.3, 0.4) is 0 Å². The number of aromatic nitrogens is 3. The summed E-state index contributed by atoms with van der Waals surface area (Å²) in [6, 6.07) is 5.97. The van der Waals surface area contributed by atoms with Crippen LogP contribution in [0.1, 0.15) is 37.5 Å². The maximum Gasteiger partial charge on any atom is 0.344 e. The Morgan fingerprint density at radius 3 is 2.95 bits per heavy atom. The highest BCUT2D eigenvalue weighted by Crippen LogP contribution is 2.39. The van der Waals surface area contributed by atoms with Crippen molar-refractivity contribution >= 4 is 27.7 Å². The molecule has 0 bridgehead atoms. The van der Waals surface area contributed by atoms with Gasteiger partial charge in [0.05, 0.1) is 6.10 Å². The van der Waals surface area contributed by atoms with E-state index in [-0.39, 0.29) is 11.7 Å². The molecule has 1 aromatic carbocycles. The molecule has 7 heteroatoms. The third-order valence-electron chi connectivity index (χ3n) is 3.21. The molecule has 0 spiro atoms. The molecule has 2 N–H and O–H groups in total. The van der Waals surface area contributed by atoms with Crippen molar-refractivity contribution in [3.05, 3.63) is 38.7 Å². The summed E-state index contributed by atoms with van der Waals surface area (Å²) < 4.78 is 2.64. The number of aromatic amines is 1. The fourth-order valence-corrected chi connectivity index (χ4v) is 3.73. The van der Waals surface area contributed by atoms with Crippen LogP contribution in [-0.2, 0) is 0 Å². The number of nitrogens with zero attached hydrogens (tertiary/aromatic N) is 2. The van der Waals surface area contributed by atoms with Gasteiger partial charge in [0.25, 0.3) is 0 Å². The molecule has 0 amide bonds. The lowest BCUT2D eigenvalue weighted by atomic mass is 10.1. The molecule has 1 heterocycles. The molecule has 0 radical (unpaired) electrons. The summed E-state index contributed by atoms with van der Waals surface area (Å²) in [4.78, 5) is 12.7. The third kappa shape index (κ3) is 2.70. The van der Waals surface area contributed by atoms with Crippen LogP contribution in [0.25, 0.3) is 0 Å². The van der Waals surface area contributed by atoms with Crippen LogP contribution in [0.2, 0.25) is 0 Å². The summed E-state index contributed by atoms with van der Waals surface area (Å²) in [6.45, 7) is 1.73. The molecule has 106 valence electrons. The summed E-state index contributed by atoms with van der Waals surface area (Å²) >= 11 is 4.84. The first-order valence-electron chi connectivity index (χ1n) is 6.38. The molecule has 1 saturated carbocycles. The molecule has 1 unspecified atom stereocenters. The highest BCUT2D eigenvalue weighted by Gasteiger charge is 2.29. The maximum atomic E-state index is 11.8. The molecular weight excluding hydrogens is 342 g/mol. The Labute approximate surface area is 128 Å². The minimum absolute atomic E-state index is 0.163. The first-order valence-corrected chi connectivity index (χ1v) is 7.99. The Morgan fingerprint density at radius 1 is 1.55 bits per heavy atom. The molecule has 1 fully saturated rings. The first-order chi connectivity index (χ1) is 9.56. The van der Waals surface area contributed by atoms with Gasteiger partial charge in [0.15, 0.2) is 5.16 Å². The van der Waals surface area contributed by atoms with E-state index in [2.05, 4.69) is 26.1 Å². The van der Waals surface area contributed by atoms with Crippen LogP contribution in [-0.4, -0.2) is 19.9 Å². The van der Waals surface area contributed by atoms with Crippen molar-refractivity contribution in [2.24, 2.45) is 0 Å². The number of hydrogen-bond donors (Lipinski definition) is 2. The number of benzene rings is 1. The Morgan fingerprint density at radius 2 is 2.30 bits per heavy atom. The normalized spacial score (nSPS) is 16.4. The molecule has 0 aliphatic heterocycles. The van der Waals surface area contributed by atoms with E-state index in [0.717, 1.165) is 27.8 Å². The monoisotopic (exact) mass is 355 g/mol. The fraction of sp³-hybridized carbons (Fsp3) is 0.385. The van der Waals surface area contributed by atoms with Crippen LogP contribution in [0.5, 0.6) is 0 Å². The zero-order valence-electron chi connectivity index (χ0n) is 10.8. The van der Waals surface area contributed by atoms with Crippen molar-refractivity contribution in [2.45, 2.75) is 42.0 Å². The molecule has 5 nitrogen and oxygen atoms in total. The standard InChI is InChI=1S/C13H14BrN3O2S/c1-7(18)10-5-2-8(14)6-11(10)20-13-16-15-12(19)17(13)9-3-4-9/h2,5-7,9,18H,3-4H2,1H3,(H,15,19). The van der Waals surface area contributed by atoms with E-state index in [0.29, 0.717) is 5.16 Å². The topological polar surface area (TPSA) is 70.9 Å². The average Bonchev–Trinajstić information content (AvgIpc) is 3.15. The first kappa shape index (κ1) is 13.9. The van der Waals surface area contributed by atoms with E-state index in [4.69, 9.17) is 0 Å². The summed E-state index contributed by atoms with van der Waals surface area (Å²) in [5.41, 5.74) is 0.666. The number of nitrogens with one attached hydrogen (secondary N) is 1. The van der Waals surface area contributed by atoms with Crippen LogP contribution < -0.4 is 5.69 Å². The number of aliphatic hydroxyl groups is 1. The Kier molecular flexibility index (Phi) is 3.74. The van der Waals surface area contributed by atoms with E-state index in [1.54, 1.807) is 11.5 Å². The van der Waals surface area contributed by atoms with Crippen LogP contribution in [0.4, 0.5) is 0 Å². The summed E-state index contributed by atoms with van der Waals surface area (Å²) in [6.07, 6.45) is 1.48. The largest absolute Gasteiger partial charge is 0.389 e. The summed E-state index contributed by atoms with van der Waals surface area (Å²) in [7, 11) is 0. The number of H-pyrrole nitrogens is 1. The second-order valence-electron chi connectivity index (χ2n) is 4.87. The van der Waals surface area contributed by atoms with Crippen LogP contribution >= 0.6 is 27.7 Å². The molecule has 2 aromatic rings. The van der Waals surface area contributed by atoms with Gasteiger partial charge >= 0.3 is 5.69 Å². The Balaban J connectivity index is 1.99. The van der Waals surface area contributed by atoms with E-state index >= 15 is 0 Å². The second kappa shape index (κ2) is 5.38. The summed E-state index contributed by atoms with van der Waals surface area (Å²) in [5, 5.41) is 17.1. The number of halogens is 1. The number of aliphatic hydroxyl groups excluding tert-OH is 1. The molecule has 1 aliphatic rings. The van der Waals surface area contributed by atoms with Crippen molar-refractivity contribution in [2.75, 3.05) is 0 Å². The van der Waals surface area contributed by atoms with Crippen molar-refractivity contribution in [1.29, 1.82) is 0 Å². The highest BCUT2D eigenvalue weighted by molar-refractivity contribution is 9.10. The van der Waals surface area contributed by atoms with Gasteiger partial charge in [0.2, 0.25) is 0 Å². The molecule has 0 saturated heterocycles. The van der Waals surface area contributed by atoms with Crippen LogP contribution in [0.15, 0.2) is 37.5 Å². The Bertz CT molecular complexity index is 691. The van der Waals surface area contributed by atoms with Crippen molar-refractivity contribution in [3.8, 4) is 0 Å². The predicted molar refractivity (Wildman–Crippen MR) is 80.0 cm³/mol. The van der Waals surface area contributed by atoms with E-state index in [1.807, 2.05) is 18.2 Å². The van der Waals surface area contributed by atoms with E-state index in [1.165, 1.54) is 11.8 Å². The van der Waals surface area contributed by atoms with E-state index in [9.17, 15) is 9.90 Å². The van der Waals surface area contributed by atoms with Gasteiger partial charge < -0.3 is 5.11 Å². The number of hydrogen-bond acceptors (Lipinski definition) is 4. The van der Waals surface area contributed by atoms with Gasteiger partial charge in [-0.2, -0.15) is 0 Å². The minimum atomic E-state index is -0.564. The number of rotatable bonds is 4. The molecule has 1 aliphatic carbocycles. The van der Waals surface area contributed by atoms with Gasteiger partial charge in [-0.25, -0.2) is 9.89 Å². The molecular formula is C13H14BrN3O2S. The van der Waals surface area contributed by atoms with Crippen molar-refractivity contribution < 1.29 is 5.11 Å². The van der Waals surface area contributed by atoms with Crippen molar-refractivity contribution in [3.63, 3.8) is 0 Å². The molecule has 1 aromatic heterocycles. The molecule has 1 atom stereocenters. The summed E-state index contributed by atoms with van der Waals surface area (Å²) in [5.74, 6) is 0. The smallest absolute Gasteiger partial charge is 0.344 e. The highest BCUT2D eigenvalue weighted by atomic mass is 79.9. The fourth-order valence-electron chi connectivity index (χ4n) is 2.06. The van der Waals surface area contributed by atoms with Gasteiger partial charge in [-0.05, 0) is 49.2 Å². The SMILES string of the molecule is CC(O)c1ccc(Br)cc1Sc1n[nH]c(=O)n1C1CC1. The zero-order valence-corrected chi connectivity index (χ0v) is 13.2.